The number of aryl methyl sites for hydroxylation is 1. The van der Waals surface area contributed by atoms with Crippen molar-refractivity contribution in [3.63, 3.8) is 0 Å². The number of unbranched alkanes of at least 4 members (excludes halogenated alkanes) is 1. The molecule has 1 aromatic carbocycles. The summed E-state index contributed by atoms with van der Waals surface area (Å²) in [5.74, 6) is 0. The Bertz CT molecular complexity index is 396. The van der Waals surface area contributed by atoms with Crippen LogP contribution in [0.3, 0.4) is 0 Å². The first-order chi connectivity index (χ1) is 9.22. The van der Waals surface area contributed by atoms with Crippen LogP contribution < -0.4 is 0 Å². The minimum atomic E-state index is -1.44. The van der Waals surface area contributed by atoms with Gasteiger partial charge in [-0.25, -0.2) is 0 Å². The molecule has 0 aromatic heterocycles. The fourth-order valence-electron chi connectivity index (χ4n) is 2.55. The van der Waals surface area contributed by atoms with E-state index in [0.717, 1.165) is 5.33 Å². The van der Waals surface area contributed by atoms with Crippen molar-refractivity contribution in [2.24, 2.45) is 0 Å². The van der Waals surface area contributed by atoms with Gasteiger partial charge >= 0.3 is 0 Å². The molecule has 0 amide bonds. The molecule has 0 aliphatic carbocycles. The zero-order chi connectivity index (χ0) is 15.2. The first kappa shape index (κ1) is 18.1. The zero-order valence-electron chi connectivity index (χ0n) is 13.6. The fraction of sp³-hybridized carbons (Fsp3) is 0.625. The Morgan fingerprint density at radius 2 is 1.45 bits per heavy atom. The molecule has 1 aromatic rings. The van der Waals surface area contributed by atoms with Crippen molar-refractivity contribution in [2.45, 2.75) is 63.4 Å². The minimum absolute atomic E-state index is 0.946. The second-order valence-electron chi connectivity index (χ2n) is 7.13. The maximum Gasteiger partial charge on any atom is 0.173 e. The van der Waals surface area contributed by atoms with Crippen molar-refractivity contribution in [1.82, 2.24) is 0 Å². The van der Waals surface area contributed by atoms with Gasteiger partial charge < -0.3 is 4.12 Å². The van der Waals surface area contributed by atoms with Gasteiger partial charge in [-0.3, -0.25) is 0 Å². The van der Waals surface area contributed by atoms with Gasteiger partial charge in [-0.15, -0.1) is 0 Å². The third-order valence-electron chi connectivity index (χ3n) is 3.25. The van der Waals surface area contributed by atoms with Crippen LogP contribution in [0.15, 0.2) is 24.3 Å². The molecule has 0 atom stereocenters. The van der Waals surface area contributed by atoms with Gasteiger partial charge in [-0.2, -0.15) is 0 Å². The van der Waals surface area contributed by atoms with Crippen LogP contribution in [-0.2, 0) is 15.9 Å². The molecule has 0 heterocycles. The fourth-order valence-corrected chi connectivity index (χ4v) is 11.1. The molecular formula is C16H29BrOSi2. The summed E-state index contributed by atoms with van der Waals surface area (Å²) in [7, 11) is -2.81. The summed E-state index contributed by atoms with van der Waals surface area (Å²) in [5.41, 5.74) is 2.81. The lowest BCUT2D eigenvalue weighted by atomic mass is 10.1. The van der Waals surface area contributed by atoms with Crippen LogP contribution in [-0.4, -0.2) is 16.6 Å². The van der Waals surface area contributed by atoms with Crippen molar-refractivity contribution in [2.75, 3.05) is 0 Å². The van der Waals surface area contributed by atoms with E-state index in [2.05, 4.69) is 72.9 Å². The molecule has 0 bridgehead atoms. The Balaban J connectivity index is 2.30. The smallest absolute Gasteiger partial charge is 0.173 e. The van der Waals surface area contributed by atoms with Crippen LogP contribution in [0.25, 0.3) is 0 Å². The molecule has 0 saturated heterocycles. The van der Waals surface area contributed by atoms with Gasteiger partial charge in [0.25, 0.3) is 0 Å². The second-order valence-corrected chi connectivity index (χ2v) is 16.8. The Morgan fingerprint density at radius 3 is 1.95 bits per heavy atom. The van der Waals surface area contributed by atoms with Gasteiger partial charge in [0.1, 0.15) is 0 Å². The summed E-state index contributed by atoms with van der Waals surface area (Å²) in [5, 5.41) is 0.946. The molecule has 0 unspecified atom stereocenters. The average Bonchev–Trinajstić information content (AvgIpc) is 2.32. The molecule has 114 valence electrons. The molecule has 20 heavy (non-hydrogen) atoms. The highest BCUT2D eigenvalue weighted by Gasteiger charge is 2.28. The summed E-state index contributed by atoms with van der Waals surface area (Å²) in [4.78, 5) is 0. The van der Waals surface area contributed by atoms with E-state index in [-0.39, 0.29) is 0 Å². The van der Waals surface area contributed by atoms with Gasteiger partial charge in [-0.05, 0) is 62.7 Å². The van der Waals surface area contributed by atoms with Crippen LogP contribution >= 0.6 is 15.9 Å². The number of alkyl halides is 1. The third kappa shape index (κ3) is 7.76. The average molecular weight is 373 g/mol. The van der Waals surface area contributed by atoms with Crippen molar-refractivity contribution in [3.8, 4) is 0 Å². The summed E-state index contributed by atoms with van der Waals surface area (Å²) in [6, 6.07) is 10.3. The van der Waals surface area contributed by atoms with E-state index in [1.54, 1.807) is 0 Å². The molecule has 0 radical (unpaired) electrons. The summed E-state index contributed by atoms with van der Waals surface area (Å²) in [6.07, 6.45) is 3.77. The van der Waals surface area contributed by atoms with Crippen LogP contribution in [0.5, 0.6) is 0 Å². The lowest BCUT2D eigenvalue weighted by Crippen LogP contribution is -2.42. The lowest BCUT2D eigenvalue weighted by Gasteiger charge is -2.31. The van der Waals surface area contributed by atoms with Crippen LogP contribution in [0.2, 0.25) is 38.8 Å². The number of hydrogen-bond donors (Lipinski definition) is 0. The Hall–Kier alpha value is 0.0938. The molecule has 4 heteroatoms. The van der Waals surface area contributed by atoms with Gasteiger partial charge in [-0.1, -0.05) is 46.6 Å². The van der Waals surface area contributed by atoms with Gasteiger partial charge in [0.2, 0.25) is 0 Å². The van der Waals surface area contributed by atoms with E-state index in [0.29, 0.717) is 0 Å². The molecule has 0 saturated carbocycles. The van der Waals surface area contributed by atoms with E-state index >= 15 is 0 Å². The molecule has 0 aliphatic heterocycles. The van der Waals surface area contributed by atoms with Gasteiger partial charge in [0.15, 0.2) is 16.6 Å². The van der Waals surface area contributed by atoms with Crippen molar-refractivity contribution in [1.29, 1.82) is 0 Å². The lowest BCUT2D eigenvalue weighted by molar-refractivity contribution is 0.541. The van der Waals surface area contributed by atoms with Gasteiger partial charge in [0, 0.05) is 5.33 Å². The normalized spacial score (nSPS) is 12.7. The number of hydrogen-bond acceptors (Lipinski definition) is 1. The first-order valence-corrected chi connectivity index (χ1v) is 15.2. The number of benzene rings is 1. The first-order valence-electron chi connectivity index (χ1n) is 7.56. The van der Waals surface area contributed by atoms with Crippen LogP contribution in [0.4, 0.5) is 0 Å². The SMILES string of the molecule is C[Si](C)(C)O[Si](C)(C)CCCCc1ccc(CBr)cc1. The molecule has 0 N–H and O–H groups in total. The molecule has 0 aliphatic rings. The topological polar surface area (TPSA) is 9.23 Å². The highest BCUT2D eigenvalue weighted by molar-refractivity contribution is 9.08. The van der Waals surface area contributed by atoms with E-state index < -0.39 is 16.6 Å². The maximum atomic E-state index is 6.38. The standard InChI is InChI=1S/C16H29BrOSi2/c1-19(2,3)18-20(4,5)13-7-6-8-15-9-11-16(14-17)12-10-15/h9-12H,6-8,13-14H2,1-5H3. The third-order valence-corrected chi connectivity index (χ3v) is 10.1. The highest BCUT2D eigenvalue weighted by Crippen LogP contribution is 2.21. The number of halogens is 1. The zero-order valence-corrected chi connectivity index (χ0v) is 17.2. The Labute approximate surface area is 135 Å². The molecular weight excluding hydrogens is 344 g/mol. The molecule has 1 rings (SSSR count). The van der Waals surface area contributed by atoms with E-state index in [1.807, 2.05) is 0 Å². The summed E-state index contributed by atoms with van der Waals surface area (Å²) in [6.45, 7) is 11.6. The maximum absolute atomic E-state index is 6.38. The van der Waals surface area contributed by atoms with E-state index in [9.17, 15) is 0 Å². The predicted molar refractivity (Wildman–Crippen MR) is 98.7 cm³/mol. The van der Waals surface area contributed by atoms with Crippen LogP contribution in [0.1, 0.15) is 24.0 Å². The minimum Gasteiger partial charge on any atom is -0.456 e. The van der Waals surface area contributed by atoms with Crippen LogP contribution in [0, 0.1) is 0 Å². The Morgan fingerprint density at radius 1 is 0.900 bits per heavy atom. The molecule has 1 nitrogen and oxygen atoms in total. The van der Waals surface area contributed by atoms with E-state index in [4.69, 9.17) is 4.12 Å². The monoisotopic (exact) mass is 372 g/mol. The van der Waals surface area contributed by atoms with Gasteiger partial charge in [0.05, 0.1) is 0 Å². The van der Waals surface area contributed by atoms with E-state index in [1.165, 1.54) is 36.4 Å². The van der Waals surface area contributed by atoms with Crippen molar-refractivity contribution < 1.29 is 4.12 Å². The second kappa shape index (κ2) is 7.92. The summed E-state index contributed by atoms with van der Waals surface area (Å²) < 4.78 is 6.38. The van der Waals surface area contributed by atoms with Crippen molar-refractivity contribution >= 4 is 32.6 Å². The molecule has 0 fully saturated rings. The quantitative estimate of drug-likeness (QED) is 0.310. The Kier molecular flexibility index (Phi) is 7.18. The highest BCUT2D eigenvalue weighted by atomic mass is 79.9. The number of rotatable bonds is 8. The summed E-state index contributed by atoms with van der Waals surface area (Å²) >= 11 is 3.49. The predicted octanol–water partition coefficient (Wildman–Crippen LogP) is 5.96. The van der Waals surface area contributed by atoms with Crippen molar-refractivity contribution in [3.05, 3.63) is 35.4 Å². The largest absolute Gasteiger partial charge is 0.456 e. The molecule has 0 spiro atoms.